The van der Waals surface area contributed by atoms with Crippen molar-refractivity contribution in [3.05, 3.63) is 47.9 Å². The molecule has 0 atom stereocenters. The van der Waals surface area contributed by atoms with E-state index in [2.05, 4.69) is 37.5 Å². The number of guanidine groups is 1. The Hall–Kier alpha value is -3.07. The smallest absolute Gasteiger partial charge is 0.251 e. The maximum Gasteiger partial charge on any atom is 0.251 e. The molecule has 2 aromatic rings. The number of amides is 1. The van der Waals surface area contributed by atoms with E-state index in [0.717, 1.165) is 50.9 Å². The van der Waals surface area contributed by atoms with Gasteiger partial charge in [-0.15, -0.1) is 0 Å². The van der Waals surface area contributed by atoms with Crippen LogP contribution >= 0.6 is 0 Å². The normalized spacial score (nSPS) is 15.1. The highest BCUT2D eigenvalue weighted by Gasteiger charge is 2.20. The maximum atomic E-state index is 12.3. The van der Waals surface area contributed by atoms with Crippen molar-refractivity contribution < 1.29 is 14.1 Å². The minimum atomic E-state index is -0.129. The SMILES string of the molecule is CCNC(=NCCNC(=O)c1cccc(OC)c1)N1CCN(Cc2ccon2)CC1. The monoisotopic (exact) mass is 414 g/mol. The van der Waals surface area contributed by atoms with Crippen LogP contribution in [0.1, 0.15) is 23.0 Å². The molecule has 1 fully saturated rings. The molecule has 0 radical (unpaired) electrons. The predicted octanol–water partition coefficient (Wildman–Crippen LogP) is 1.20. The van der Waals surface area contributed by atoms with Crippen LogP contribution in [0, 0.1) is 0 Å². The molecule has 1 aliphatic heterocycles. The van der Waals surface area contributed by atoms with Crippen molar-refractivity contribution in [1.29, 1.82) is 0 Å². The Kier molecular flexibility index (Phi) is 8.08. The van der Waals surface area contributed by atoms with E-state index in [9.17, 15) is 4.79 Å². The average Bonchev–Trinajstić information content (AvgIpc) is 3.29. The molecular formula is C21H30N6O3. The van der Waals surface area contributed by atoms with Gasteiger partial charge in [0.25, 0.3) is 5.91 Å². The number of hydrogen-bond acceptors (Lipinski definition) is 6. The topological polar surface area (TPSA) is 95.2 Å². The number of nitrogens with zero attached hydrogens (tertiary/aromatic N) is 4. The summed E-state index contributed by atoms with van der Waals surface area (Å²) in [4.78, 5) is 21.6. The Labute approximate surface area is 177 Å². The Morgan fingerprint density at radius 2 is 2.07 bits per heavy atom. The number of carbonyl (C=O) groups is 1. The highest BCUT2D eigenvalue weighted by molar-refractivity contribution is 5.94. The number of methoxy groups -OCH3 is 1. The van der Waals surface area contributed by atoms with Crippen LogP contribution in [-0.2, 0) is 6.54 Å². The van der Waals surface area contributed by atoms with E-state index in [0.29, 0.717) is 24.4 Å². The van der Waals surface area contributed by atoms with Crippen LogP contribution in [0.15, 0.2) is 46.1 Å². The third kappa shape index (κ3) is 6.21. The van der Waals surface area contributed by atoms with Crippen molar-refractivity contribution in [2.75, 3.05) is 52.9 Å². The Bertz CT molecular complexity index is 816. The van der Waals surface area contributed by atoms with Crippen molar-refractivity contribution in [2.45, 2.75) is 13.5 Å². The third-order valence-electron chi connectivity index (χ3n) is 4.87. The third-order valence-corrected chi connectivity index (χ3v) is 4.87. The number of aliphatic imine (C=N–C) groups is 1. The van der Waals surface area contributed by atoms with E-state index in [1.165, 1.54) is 0 Å². The van der Waals surface area contributed by atoms with E-state index in [1.807, 2.05) is 12.1 Å². The first-order valence-corrected chi connectivity index (χ1v) is 10.3. The molecule has 30 heavy (non-hydrogen) atoms. The Morgan fingerprint density at radius 1 is 1.23 bits per heavy atom. The lowest BCUT2D eigenvalue weighted by Crippen LogP contribution is -2.52. The van der Waals surface area contributed by atoms with Gasteiger partial charge in [0, 0.05) is 57.4 Å². The molecule has 0 unspecified atom stereocenters. The van der Waals surface area contributed by atoms with E-state index >= 15 is 0 Å². The maximum absolute atomic E-state index is 12.3. The number of benzene rings is 1. The molecule has 1 aliphatic rings. The first kappa shape index (κ1) is 21.6. The van der Waals surface area contributed by atoms with Gasteiger partial charge in [0.1, 0.15) is 12.0 Å². The summed E-state index contributed by atoms with van der Waals surface area (Å²) in [7, 11) is 1.59. The van der Waals surface area contributed by atoms with E-state index in [-0.39, 0.29) is 5.91 Å². The van der Waals surface area contributed by atoms with Gasteiger partial charge in [-0.3, -0.25) is 14.7 Å². The second-order valence-corrected chi connectivity index (χ2v) is 6.98. The summed E-state index contributed by atoms with van der Waals surface area (Å²) in [5.74, 6) is 1.42. The number of carbonyl (C=O) groups excluding carboxylic acids is 1. The molecule has 0 saturated carbocycles. The van der Waals surface area contributed by atoms with Gasteiger partial charge in [-0.25, -0.2) is 0 Å². The average molecular weight is 415 g/mol. The molecular weight excluding hydrogens is 384 g/mol. The molecule has 0 bridgehead atoms. The van der Waals surface area contributed by atoms with Crippen molar-refractivity contribution >= 4 is 11.9 Å². The van der Waals surface area contributed by atoms with Crippen LogP contribution < -0.4 is 15.4 Å². The van der Waals surface area contributed by atoms with E-state index < -0.39 is 0 Å². The molecule has 3 rings (SSSR count). The zero-order valence-corrected chi connectivity index (χ0v) is 17.6. The van der Waals surface area contributed by atoms with Crippen LogP contribution in [0.25, 0.3) is 0 Å². The number of piperazine rings is 1. The largest absolute Gasteiger partial charge is 0.497 e. The fourth-order valence-electron chi connectivity index (χ4n) is 3.29. The van der Waals surface area contributed by atoms with Crippen LogP contribution in [-0.4, -0.2) is 79.7 Å². The first-order valence-electron chi connectivity index (χ1n) is 10.3. The van der Waals surface area contributed by atoms with Gasteiger partial charge in [0.2, 0.25) is 0 Å². The summed E-state index contributed by atoms with van der Waals surface area (Å²) in [6, 6.07) is 9.01. The number of nitrogens with one attached hydrogen (secondary N) is 2. The van der Waals surface area contributed by atoms with Crippen molar-refractivity contribution in [3.63, 3.8) is 0 Å². The predicted molar refractivity (Wildman–Crippen MR) is 115 cm³/mol. The van der Waals surface area contributed by atoms with E-state index in [1.54, 1.807) is 31.6 Å². The molecule has 2 N–H and O–H groups in total. The lowest BCUT2D eigenvalue weighted by molar-refractivity contribution is 0.0954. The number of hydrogen-bond donors (Lipinski definition) is 2. The second kappa shape index (κ2) is 11.2. The van der Waals surface area contributed by atoms with Crippen LogP contribution in [0.5, 0.6) is 5.75 Å². The van der Waals surface area contributed by atoms with Crippen LogP contribution in [0.4, 0.5) is 0 Å². The zero-order valence-electron chi connectivity index (χ0n) is 17.6. The van der Waals surface area contributed by atoms with Crippen molar-refractivity contribution in [1.82, 2.24) is 25.6 Å². The number of aromatic nitrogens is 1. The molecule has 1 aromatic carbocycles. The lowest BCUT2D eigenvalue weighted by Gasteiger charge is -2.36. The minimum Gasteiger partial charge on any atom is -0.497 e. The Balaban J connectivity index is 1.45. The summed E-state index contributed by atoms with van der Waals surface area (Å²) in [6.07, 6.45) is 1.61. The number of rotatable bonds is 8. The molecule has 0 spiro atoms. The van der Waals surface area contributed by atoms with Gasteiger partial charge >= 0.3 is 0 Å². The van der Waals surface area contributed by atoms with Crippen LogP contribution in [0.3, 0.4) is 0 Å². The van der Waals surface area contributed by atoms with Gasteiger partial charge in [-0.1, -0.05) is 11.2 Å². The Morgan fingerprint density at radius 3 is 2.77 bits per heavy atom. The quantitative estimate of drug-likeness (QED) is 0.381. The molecule has 1 saturated heterocycles. The van der Waals surface area contributed by atoms with Gasteiger partial charge in [0.15, 0.2) is 5.96 Å². The number of ether oxygens (including phenoxy) is 1. The van der Waals surface area contributed by atoms with Gasteiger partial charge < -0.3 is 24.8 Å². The zero-order chi connectivity index (χ0) is 21.2. The lowest BCUT2D eigenvalue weighted by atomic mass is 10.2. The second-order valence-electron chi connectivity index (χ2n) is 6.98. The molecule has 162 valence electrons. The molecule has 9 heteroatoms. The molecule has 2 heterocycles. The summed E-state index contributed by atoms with van der Waals surface area (Å²) < 4.78 is 10.1. The van der Waals surface area contributed by atoms with Crippen molar-refractivity contribution in [3.8, 4) is 5.75 Å². The fraction of sp³-hybridized carbons (Fsp3) is 0.476. The summed E-state index contributed by atoms with van der Waals surface area (Å²) in [5, 5.41) is 10.2. The molecule has 1 aromatic heterocycles. The van der Waals surface area contributed by atoms with Gasteiger partial charge in [-0.2, -0.15) is 0 Å². The molecule has 9 nitrogen and oxygen atoms in total. The highest BCUT2D eigenvalue weighted by Crippen LogP contribution is 2.12. The van der Waals surface area contributed by atoms with Crippen LogP contribution in [0.2, 0.25) is 0 Å². The van der Waals surface area contributed by atoms with E-state index in [4.69, 9.17) is 9.26 Å². The summed E-state index contributed by atoms with van der Waals surface area (Å²) >= 11 is 0. The van der Waals surface area contributed by atoms with Crippen molar-refractivity contribution in [2.24, 2.45) is 4.99 Å². The first-order chi connectivity index (χ1) is 14.7. The summed E-state index contributed by atoms with van der Waals surface area (Å²) in [6.45, 7) is 8.28. The molecule has 0 aliphatic carbocycles. The summed E-state index contributed by atoms with van der Waals surface area (Å²) in [5.41, 5.74) is 1.53. The van der Waals surface area contributed by atoms with Gasteiger partial charge in [0.05, 0.1) is 19.3 Å². The standard InChI is InChI=1S/C21H30N6O3/c1-3-22-21(27-12-10-26(11-13-27)16-18-7-14-30-25-18)24-9-8-23-20(28)17-5-4-6-19(15-17)29-2/h4-7,14-15H,3,8-13,16H2,1-2H3,(H,22,24)(H,23,28). The molecule has 1 amide bonds. The minimum absolute atomic E-state index is 0.129. The highest BCUT2D eigenvalue weighted by atomic mass is 16.5. The van der Waals surface area contributed by atoms with Gasteiger partial charge in [-0.05, 0) is 25.1 Å². The fourth-order valence-corrected chi connectivity index (χ4v) is 3.29.